The largest absolute Gasteiger partial charge is 0.423 e. The van der Waals surface area contributed by atoms with Gasteiger partial charge in [-0.15, -0.1) is 0 Å². The number of amides is 1. The van der Waals surface area contributed by atoms with E-state index in [1.54, 1.807) is 24.3 Å². The SMILES string of the molecule is Cc1ccc2c(CC(=O)Nc3ccc(Cl)cc3Cl)cc(=O)oc2c1. The summed E-state index contributed by atoms with van der Waals surface area (Å²) in [6.45, 7) is 1.90. The minimum Gasteiger partial charge on any atom is -0.423 e. The summed E-state index contributed by atoms with van der Waals surface area (Å²) in [6, 6.07) is 11.7. The number of benzene rings is 2. The summed E-state index contributed by atoms with van der Waals surface area (Å²) in [4.78, 5) is 24.0. The number of hydrogen-bond donors (Lipinski definition) is 1. The maximum Gasteiger partial charge on any atom is 0.336 e. The Morgan fingerprint density at radius 1 is 1.12 bits per heavy atom. The number of fused-ring (bicyclic) bond motifs is 1. The van der Waals surface area contributed by atoms with Crippen molar-refractivity contribution in [3.8, 4) is 0 Å². The molecule has 1 N–H and O–H groups in total. The van der Waals surface area contributed by atoms with Crippen LogP contribution >= 0.6 is 23.2 Å². The van der Waals surface area contributed by atoms with Crippen LogP contribution < -0.4 is 10.9 Å². The maximum absolute atomic E-state index is 12.3. The van der Waals surface area contributed by atoms with Gasteiger partial charge in [-0.1, -0.05) is 35.3 Å². The lowest BCUT2D eigenvalue weighted by molar-refractivity contribution is -0.115. The molecule has 1 aromatic heterocycles. The Balaban J connectivity index is 1.89. The minimum absolute atomic E-state index is 0.0319. The third kappa shape index (κ3) is 3.61. The summed E-state index contributed by atoms with van der Waals surface area (Å²) in [6.07, 6.45) is 0.0319. The Kier molecular flexibility index (Phi) is 4.60. The van der Waals surface area contributed by atoms with Gasteiger partial charge in [0, 0.05) is 16.5 Å². The number of carbonyl (C=O) groups is 1. The second-order valence-electron chi connectivity index (χ2n) is 5.44. The first kappa shape index (κ1) is 16.6. The molecule has 0 aliphatic carbocycles. The fourth-order valence-corrected chi connectivity index (χ4v) is 2.90. The first-order chi connectivity index (χ1) is 11.4. The summed E-state index contributed by atoms with van der Waals surface area (Å²) in [5.41, 5.74) is 2.02. The topological polar surface area (TPSA) is 59.3 Å². The number of rotatable bonds is 3. The van der Waals surface area contributed by atoms with Crippen LogP contribution in [-0.2, 0) is 11.2 Å². The van der Waals surface area contributed by atoms with Crippen LogP contribution in [0.2, 0.25) is 10.0 Å². The van der Waals surface area contributed by atoms with Crippen molar-refractivity contribution in [2.45, 2.75) is 13.3 Å². The number of aryl methyl sites for hydroxylation is 1. The lowest BCUT2D eigenvalue weighted by Crippen LogP contribution is -2.16. The predicted octanol–water partition coefficient (Wildman–Crippen LogP) is 4.59. The van der Waals surface area contributed by atoms with Crippen LogP contribution in [-0.4, -0.2) is 5.91 Å². The van der Waals surface area contributed by atoms with E-state index in [1.165, 1.54) is 6.07 Å². The average Bonchev–Trinajstić information content (AvgIpc) is 2.49. The smallest absolute Gasteiger partial charge is 0.336 e. The molecule has 0 aliphatic heterocycles. The molecule has 0 saturated carbocycles. The highest BCUT2D eigenvalue weighted by Crippen LogP contribution is 2.26. The highest BCUT2D eigenvalue weighted by atomic mass is 35.5. The van der Waals surface area contributed by atoms with Gasteiger partial charge in [-0.2, -0.15) is 0 Å². The molecule has 24 heavy (non-hydrogen) atoms. The minimum atomic E-state index is -0.486. The van der Waals surface area contributed by atoms with Crippen molar-refractivity contribution >= 4 is 45.8 Å². The van der Waals surface area contributed by atoms with Crippen LogP contribution in [0.15, 0.2) is 51.7 Å². The predicted molar refractivity (Wildman–Crippen MR) is 96.0 cm³/mol. The van der Waals surface area contributed by atoms with Crippen molar-refractivity contribution in [2.24, 2.45) is 0 Å². The van der Waals surface area contributed by atoms with Gasteiger partial charge in [0.05, 0.1) is 17.1 Å². The third-order valence-corrected chi connectivity index (χ3v) is 4.09. The molecule has 0 unspecified atom stereocenters. The summed E-state index contributed by atoms with van der Waals surface area (Å²) in [7, 11) is 0. The molecule has 122 valence electrons. The van der Waals surface area contributed by atoms with Crippen LogP contribution in [0.4, 0.5) is 5.69 Å². The standard InChI is InChI=1S/C18H13Cl2NO3/c1-10-2-4-13-11(8-18(23)24-16(13)6-10)7-17(22)21-15-5-3-12(19)9-14(15)20/h2-6,8-9H,7H2,1H3,(H,21,22). The molecular formula is C18H13Cl2NO3. The van der Waals surface area contributed by atoms with E-state index in [0.29, 0.717) is 26.9 Å². The molecule has 1 amide bonds. The highest BCUT2D eigenvalue weighted by molar-refractivity contribution is 6.36. The molecule has 0 saturated heterocycles. The molecule has 4 nitrogen and oxygen atoms in total. The molecule has 6 heteroatoms. The van der Waals surface area contributed by atoms with Gasteiger partial charge in [-0.05, 0) is 42.3 Å². The molecule has 0 spiro atoms. The molecule has 0 atom stereocenters. The molecule has 3 aromatic rings. The summed E-state index contributed by atoms with van der Waals surface area (Å²) >= 11 is 11.9. The molecule has 1 heterocycles. The highest BCUT2D eigenvalue weighted by Gasteiger charge is 2.12. The zero-order valence-electron chi connectivity index (χ0n) is 12.7. The van der Waals surface area contributed by atoms with E-state index in [1.807, 2.05) is 19.1 Å². The summed E-state index contributed by atoms with van der Waals surface area (Å²) in [5.74, 6) is -0.285. The summed E-state index contributed by atoms with van der Waals surface area (Å²) in [5, 5.41) is 4.29. The molecule has 2 aromatic carbocycles. The fourth-order valence-electron chi connectivity index (χ4n) is 2.44. The van der Waals surface area contributed by atoms with E-state index < -0.39 is 5.63 Å². The second kappa shape index (κ2) is 6.67. The Hall–Kier alpha value is -2.30. The van der Waals surface area contributed by atoms with Crippen molar-refractivity contribution in [1.82, 2.24) is 0 Å². The van der Waals surface area contributed by atoms with Crippen molar-refractivity contribution in [3.05, 3.63) is 74.1 Å². The Labute approximate surface area is 148 Å². The maximum atomic E-state index is 12.3. The van der Waals surface area contributed by atoms with Crippen molar-refractivity contribution < 1.29 is 9.21 Å². The van der Waals surface area contributed by atoms with Crippen LogP contribution in [0.3, 0.4) is 0 Å². The van der Waals surface area contributed by atoms with Gasteiger partial charge in [0.2, 0.25) is 5.91 Å². The van der Waals surface area contributed by atoms with Crippen LogP contribution in [0.25, 0.3) is 11.0 Å². The van der Waals surface area contributed by atoms with Crippen LogP contribution in [0.5, 0.6) is 0 Å². The molecule has 0 fully saturated rings. The van der Waals surface area contributed by atoms with Crippen LogP contribution in [0, 0.1) is 6.92 Å². The first-order valence-corrected chi connectivity index (χ1v) is 7.96. The molecule has 0 radical (unpaired) electrons. The number of hydrogen-bond acceptors (Lipinski definition) is 3. The normalized spacial score (nSPS) is 10.8. The van der Waals surface area contributed by atoms with Gasteiger partial charge >= 0.3 is 5.63 Å². The van der Waals surface area contributed by atoms with E-state index in [2.05, 4.69) is 5.32 Å². The zero-order valence-corrected chi connectivity index (χ0v) is 14.2. The fraction of sp³-hybridized carbons (Fsp3) is 0.111. The Bertz CT molecular complexity index is 995. The average molecular weight is 362 g/mol. The van der Waals surface area contributed by atoms with Gasteiger partial charge in [-0.3, -0.25) is 4.79 Å². The van der Waals surface area contributed by atoms with E-state index in [0.717, 1.165) is 10.9 Å². The number of anilines is 1. The lowest BCUT2D eigenvalue weighted by atomic mass is 10.1. The van der Waals surface area contributed by atoms with Crippen molar-refractivity contribution in [2.75, 3.05) is 5.32 Å². The Morgan fingerprint density at radius 2 is 1.92 bits per heavy atom. The zero-order chi connectivity index (χ0) is 17.3. The van der Waals surface area contributed by atoms with Gasteiger partial charge in [0.1, 0.15) is 5.58 Å². The molecule has 3 rings (SSSR count). The van der Waals surface area contributed by atoms with Gasteiger partial charge in [0.25, 0.3) is 0 Å². The Morgan fingerprint density at radius 3 is 2.67 bits per heavy atom. The first-order valence-electron chi connectivity index (χ1n) is 7.20. The van der Waals surface area contributed by atoms with Gasteiger partial charge in [0.15, 0.2) is 0 Å². The number of carbonyl (C=O) groups excluding carboxylic acids is 1. The van der Waals surface area contributed by atoms with Gasteiger partial charge in [-0.25, -0.2) is 4.79 Å². The second-order valence-corrected chi connectivity index (χ2v) is 6.28. The van der Waals surface area contributed by atoms with Crippen molar-refractivity contribution in [3.63, 3.8) is 0 Å². The number of nitrogens with one attached hydrogen (secondary N) is 1. The monoisotopic (exact) mass is 361 g/mol. The quantitative estimate of drug-likeness (QED) is 0.694. The lowest BCUT2D eigenvalue weighted by Gasteiger charge is -2.09. The molecular weight excluding hydrogens is 349 g/mol. The molecule has 0 aliphatic rings. The van der Waals surface area contributed by atoms with E-state index in [4.69, 9.17) is 27.6 Å². The number of halogens is 2. The van der Waals surface area contributed by atoms with Crippen LogP contribution in [0.1, 0.15) is 11.1 Å². The summed E-state index contributed by atoms with van der Waals surface area (Å²) < 4.78 is 5.19. The van der Waals surface area contributed by atoms with E-state index in [9.17, 15) is 9.59 Å². The van der Waals surface area contributed by atoms with Gasteiger partial charge < -0.3 is 9.73 Å². The van der Waals surface area contributed by atoms with E-state index >= 15 is 0 Å². The van der Waals surface area contributed by atoms with E-state index in [-0.39, 0.29) is 12.3 Å². The molecule has 0 bridgehead atoms. The van der Waals surface area contributed by atoms with Crippen molar-refractivity contribution in [1.29, 1.82) is 0 Å². The third-order valence-electron chi connectivity index (χ3n) is 3.54.